The normalized spacial score (nSPS) is 14.4. The molecule has 0 unspecified atom stereocenters. The first kappa shape index (κ1) is 24.0. The van der Waals surface area contributed by atoms with Crippen LogP contribution in [-0.4, -0.2) is 45.8 Å². The minimum Gasteiger partial charge on any atom is -0.483 e. The Labute approximate surface area is 220 Å². The quantitative estimate of drug-likeness (QED) is 0.311. The monoisotopic (exact) mass is 531 g/mol. The Kier molecular flexibility index (Phi) is 5.99. The molecular formula is C27H22FN5O4S. The molecule has 0 aliphatic carbocycles. The average Bonchev–Trinajstić information content (AvgIpc) is 3.53. The molecule has 0 spiro atoms. The number of nitrogens with zero attached hydrogens (tertiary/aromatic N) is 4. The maximum atomic E-state index is 15.0. The van der Waals surface area contributed by atoms with Crippen molar-refractivity contribution in [2.75, 3.05) is 19.0 Å². The van der Waals surface area contributed by atoms with Crippen molar-refractivity contribution in [3.05, 3.63) is 65.4 Å². The molecule has 11 heteroatoms. The van der Waals surface area contributed by atoms with E-state index in [-0.39, 0.29) is 12.4 Å². The molecule has 1 aliphatic rings. The second-order valence-electron chi connectivity index (χ2n) is 8.98. The van der Waals surface area contributed by atoms with Crippen LogP contribution >= 0.6 is 11.3 Å². The van der Waals surface area contributed by atoms with Crippen LogP contribution in [0.1, 0.15) is 16.8 Å². The highest BCUT2D eigenvalue weighted by molar-refractivity contribution is 7.22. The van der Waals surface area contributed by atoms with Gasteiger partial charge in [-0.15, -0.1) is 11.3 Å². The number of thiazole rings is 1. The summed E-state index contributed by atoms with van der Waals surface area (Å²) >= 11 is 1.44. The van der Waals surface area contributed by atoms with E-state index in [0.717, 1.165) is 21.5 Å². The maximum Gasteiger partial charge on any atom is 0.411 e. The third-order valence-corrected chi connectivity index (χ3v) is 7.33. The van der Waals surface area contributed by atoms with Crippen LogP contribution in [0.2, 0.25) is 0 Å². The standard InChI is InChI=1S/C27H22FN5O4S/c1-13-6-17(23-20(7-13)32-22(35-3)11-30-23)26-33-21-9-19(28)24-18(25(21)38-26)8-16(37-24)12-36-27(34)31-15-5-4-14(2)29-10-15/h4-7,9-11,16H,8,12H2,1-3H3,(H,31,34)/t16-/m1/s1. The predicted octanol–water partition coefficient (Wildman–Crippen LogP) is 5.62. The summed E-state index contributed by atoms with van der Waals surface area (Å²) < 4.78 is 32.2. The molecule has 4 heterocycles. The fraction of sp³-hybridized carbons (Fsp3) is 0.222. The Balaban J connectivity index is 1.25. The number of rotatable bonds is 5. The summed E-state index contributed by atoms with van der Waals surface area (Å²) in [6.45, 7) is 3.79. The van der Waals surface area contributed by atoms with Crippen LogP contribution in [0.15, 0.2) is 42.7 Å². The van der Waals surface area contributed by atoms with Gasteiger partial charge >= 0.3 is 6.09 Å². The van der Waals surface area contributed by atoms with Gasteiger partial charge in [-0.05, 0) is 43.7 Å². The molecule has 0 saturated carbocycles. The van der Waals surface area contributed by atoms with E-state index in [4.69, 9.17) is 19.2 Å². The summed E-state index contributed by atoms with van der Waals surface area (Å²) in [6, 6.07) is 8.82. The number of aromatic nitrogens is 4. The van der Waals surface area contributed by atoms with Gasteiger partial charge in [0.15, 0.2) is 11.6 Å². The van der Waals surface area contributed by atoms with E-state index in [0.29, 0.717) is 45.1 Å². The summed E-state index contributed by atoms with van der Waals surface area (Å²) in [4.78, 5) is 30.1. The van der Waals surface area contributed by atoms with Crippen molar-refractivity contribution in [1.82, 2.24) is 19.9 Å². The summed E-state index contributed by atoms with van der Waals surface area (Å²) in [5.41, 5.74) is 5.78. The Bertz CT molecular complexity index is 1710. The van der Waals surface area contributed by atoms with Crippen LogP contribution in [0.4, 0.5) is 14.9 Å². The summed E-state index contributed by atoms with van der Waals surface area (Å²) in [6.07, 6.45) is 2.35. The van der Waals surface area contributed by atoms with Crippen LogP contribution < -0.4 is 14.8 Å². The number of fused-ring (bicyclic) bond motifs is 4. The van der Waals surface area contributed by atoms with Gasteiger partial charge in [0, 0.05) is 29.3 Å². The van der Waals surface area contributed by atoms with Crippen molar-refractivity contribution in [2.45, 2.75) is 26.4 Å². The molecule has 1 aliphatic heterocycles. The largest absolute Gasteiger partial charge is 0.483 e. The molecular weight excluding hydrogens is 509 g/mol. The third-order valence-electron chi connectivity index (χ3n) is 6.16. The third kappa shape index (κ3) is 4.45. The fourth-order valence-electron chi connectivity index (χ4n) is 4.41. The lowest BCUT2D eigenvalue weighted by molar-refractivity contribution is 0.100. The molecule has 0 saturated heterocycles. The van der Waals surface area contributed by atoms with E-state index in [1.807, 2.05) is 26.0 Å². The van der Waals surface area contributed by atoms with Crippen LogP contribution in [-0.2, 0) is 11.2 Å². The second kappa shape index (κ2) is 9.49. The van der Waals surface area contributed by atoms with Crippen molar-refractivity contribution < 1.29 is 23.4 Å². The number of benzene rings is 2. The number of ether oxygens (including phenoxy) is 3. The number of aryl methyl sites for hydroxylation is 2. The molecule has 1 atom stereocenters. The smallest absolute Gasteiger partial charge is 0.411 e. The van der Waals surface area contributed by atoms with Crippen molar-refractivity contribution in [1.29, 1.82) is 0 Å². The lowest BCUT2D eigenvalue weighted by Gasteiger charge is -2.12. The highest BCUT2D eigenvalue weighted by Crippen LogP contribution is 2.43. The van der Waals surface area contributed by atoms with E-state index in [9.17, 15) is 4.79 Å². The number of carbonyl (C=O) groups excluding carboxylic acids is 1. The number of hydrogen-bond donors (Lipinski definition) is 1. The molecule has 5 aromatic rings. The number of halogens is 1. The van der Waals surface area contributed by atoms with E-state index >= 15 is 4.39 Å². The summed E-state index contributed by atoms with van der Waals surface area (Å²) in [5.74, 6) is 0.0941. The Morgan fingerprint density at radius 3 is 2.82 bits per heavy atom. The van der Waals surface area contributed by atoms with Gasteiger partial charge in [0.05, 0.1) is 46.4 Å². The number of methoxy groups -OCH3 is 1. The lowest BCUT2D eigenvalue weighted by Crippen LogP contribution is -2.25. The van der Waals surface area contributed by atoms with Gasteiger partial charge < -0.3 is 14.2 Å². The van der Waals surface area contributed by atoms with Crippen molar-refractivity contribution in [3.63, 3.8) is 0 Å². The van der Waals surface area contributed by atoms with Crippen LogP contribution in [0.5, 0.6) is 11.6 Å². The van der Waals surface area contributed by atoms with Gasteiger partial charge in [0.1, 0.15) is 17.7 Å². The molecule has 2 aromatic carbocycles. The zero-order valence-electron chi connectivity index (χ0n) is 20.7. The summed E-state index contributed by atoms with van der Waals surface area (Å²) in [5, 5.41) is 3.32. The van der Waals surface area contributed by atoms with Crippen molar-refractivity contribution in [3.8, 4) is 22.2 Å². The van der Waals surface area contributed by atoms with Gasteiger partial charge in [0.25, 0.3) is 0 Å². The molecule has 0 bridgehead atoms. The highest BCUT2D eigenvalue weighted by Gasteiger charge is 2.31. The molecule has 9 nitrogen and oxygen atoms in total. The number of hydrogen-bond acceptors (Lipinski definition) is 9. The first-order valence-electron chi connectivity index (χ1n) is 11.8. The molecule has 6 rings (SSSR count). The van der Waals surface area contributed by atoms with E-state index < -0.39 is 18.0 Å². The Hall–Kier alpha value is -4.38. The average molecular weight is 532 g/mol. The van der Waals surface area contributed by atoms with E-state index in [2.05, 4.69) is 20.3 Å². The first-order chi connectivity index (χ1) is 18.4. The molecule has 38 heavy (non-hydrogen) atoms. The zero-order chi connectivity index (χ0) is 26.4. The number of amides is 1. The maximum absolute atomic E-state index is 15.0. The van der Waals surface area contributed by atoms with Crippen LogP contribution in [0.25, 0.3) is 31.8 Å². The van der Waals surface area contributed by atoms with Crippen molar-refractivity contribution in [2.24, 2.45) is 0 Å². The number of pyridine rings is 1. The molecule has 1 N–H and O–H groups in total. The van der Waals surface area contributed by atoms with E-state index in [1.165, 1.54) is 17.4 Å². The number of nitrogens with one attached hydrogen (secondary N) is 1. The van der Waals surface area contributed by atoms with Gasteiger partial charge in [-0.2, -0.15) is 0 Å². The van der Waals surface area contributed by atoms with Gasteiger partial charge in [0.2, 0.25) is 5.88 Å². The SMILES string of the molecule is COc1cnc2c(-c3nc4cc(F)c5c(c4s3)C[C@H](COC(=O)Nc3ccc(C)nc3)O5)cc(C)cc2n1. The van der Waals surface area contributed by atoms with Gasteiger partial charge in [-0.3, -0.25) is 10.3 Å². The molecule has 1 amide bonds. The Morgan fingerprint density at radius 2 is 2.03 bits per heavy atom. The summed E-state index contributed by atoms with van der Waals surface area (Å²) in [7, 11) is 1.55. The van der Waals surface area contributed by atoms with Crippen LogP contribution in [0.3, 0.4) is 0 Å². The zero-order valence-corrected chi connectivity index (χ0v) is 21.6. The molecule has 0 radical (unpaired) electrons. The first-order valence-corrected chi connectivity index (χ1v) is 12.7. The highest BCUT2D eigenvalue weighted by atomic mass is 32.1. The molecule has 0 fully saturated rings. The second-order valence-corrected chi connectivity index (χ2v) is 9.98. The predicted molar refractivity (Wildman–Crippen MR) is 141 cm³/mol. The molecule has 192 valence electrons. The van der Waals surface area contributed by atoms with Gasteiger partial charge in [-0.1, -0.05) is 0 Å². The Morgan fingerprint density at radius 1 is 1.16 bits per heavy atom. The van der Waals surface area contributed by atoms with Gasteiger partial charge in [-0.25, -0.2) is 24.1 Å². The lowest BCUT2D eigenvalue weighted by atomic mass is 10.1. The minimum absolute atomic E-state index is 0.0354. The van der Waals surface area contributed by atoms with Crippen molar-refractivity contribution >= 4 is 44.4 Å². The van der Waals surface area contributed by atoms with E-state index in [1.54, 1.807) is 31.6 Å². The number of carbonyl (C=O) groups is 1. The fourth-order valence-corrected chi connectivity index (χ4v) is 5.52. The topological polar surface area (TPSA) is 108 Å². The minimum atomic E-state index is -0.634. The van der Waals surface area contributed by atoms with Crippen LogP contribution in [0, 0.1) is 19.7 Å². The number of anilines is 1. The molecule has 3 aromatic heterocycles.